The van der Waals surface area contributed by atoms with E-state index in [1.807, 2.05) is 25.1 Å². The number of nitrogens with one attached hydrogen (secondary N) is 1. The fourth-order valence-corrected chi connectivity index (χ4v) is 3.27. The SMILES string of the molecule is CCOC(=O)N1CC[C@H](NC2(c3cccc(Cl)c3)CC2)C1. The average molecular weight is 309 g/mol. The quantitative estimate of drug-likeness (QED) is 0.929. The molecule has 1 aliphatic carbocycles. The number of rotatable bonds is 4. The Morgan fingerprint density at radius 2 is 2.33 bits per heavy atom. The number of carbonyl (C=O) groups is 1. The number of nitrogens with zero attached hydrogens (tertiary/aromatic N) is 1. The van der Waals surface area contributed by atoms with E-state index in [-0.39, 0.29) is 11.6 Å². The van der Waals surface area contributed by atoms with Gasteiger partial charge in [0.25, 0.3) is 0 Å². The Morgan fingerprint density at radius 3 is 3.00 bits per heavy atom. The van der Waals surface area contributed by atoms with Crippen LogP contribution in [0.3, 0.4) is 0 Å². The standard InChI is InChI=1S/C16H21ClN2O2/c1-2-21-15(20)19-9-6-14(11-19)18-16(7-8-16)12-4-3-5-13(17)10-12/h3-5,10,14,18H,2,6-9,11H2,1H3/t14-/m0/s1. The molecule has 1 aromatic carbocycles. The number of amides is 1. The second-order valence-corrected chi connectivity index (χ2v) is 6.30. The second kappa shape index (κ2) is 5.85. The van der Waals surface area contributed by atoms with Crippen molar-refractivity contribution in [2.24, 2.45) is 0 Å². The smallest absolute Gasteiger partial charge is 0.409 e. The van der Waals surface area contributed by atoms with E-state index in [2.05, 4.69) is 11.4 Å². The molecule has 3 rings (SSSR count). The molecule has 0 bridgehead atoms. The molecule has 21 heavy (non-hydrogen) atoms. The van der Waals surface area contributed by atoms with E-state index in [4.69, 9.17) is 16.3 Å². The molecule has 5 heteroatoms. The van der Waals surface area contributed by atoms with Crippen molar-refractivity contribution in [3.05, 3.63) is 34.9 Å². The van der Waals surface area contributed by atoms with Gasteiger partial charge in [0.05, 0.1) is 6.61 Å². The lowest BCUT2D eigenvalue weighted by Gasteiger charge is -2.23. The predicted octanol–water partition coefficient (Wildman–Crippen LogP) is 3.15. The molecule has 1 aliphatic heterocycles. The normalized spacial score (nSPS) is 23.1. The highest BCUT2D eigenvalue weighted by Gasteiger charge is 2.46. The summed E-state index contributed by atoms with van der Waals surface area (Å²) >= 11 is 6.10. The van der Waals surface area contributed by atoms with Crippen molar-refractivity contribution in [2.75, 3.05) is 19.7 Å². The molecule has 1 N–H and O–H groups in total. The number of hydrogen-bond donors (Lipinski definition) is 1. The highest BCUT2D eigenvalue weighted by atomic mass is 35.5. The number of ether oxygens (including phenoxy) is 1. The van der Waals surface area contributed by atoms with Crippen molar-refractivity contribution in [1.82, 2.24) is 10.2 Å². The second-order valence-electron chi connectivity index (χ2n) is 5.87. The maximum Gasteiger partial charge on any atom is 0.409 e. The van der Waals surface area contributed by atoms with E-state index in [0.717, 1.165) is 37.4 Å². The van der Waals surface area contributed by atoms with Crippen LogP contribution in [0.5, 0.6) is 0 Å². The molecular formula is C16H21ClN2O2. The first-order valence-electron chi connectivity index (χ1n) is 7.58. The maximum absolute atomic E-state index is 11.7. The van der Waals surface area contributed by atoms with Crippen molar-refractivity contribution < 1.29 is 9.53 Å². The van der Waals surface area contributed by atoms with Crippen LogP contribution in [0.2, 0.25) is 5.02 Å². The summed E-state index contributed by atoms with van der Waals surface area (Å²) in [6.45, 7) is 3.76. The summed E-state index contributed by atoms with van der Waals surface area (Å²) in [6, 6.07) is 8.40. The fraction of sp³-hybridized carbons (Fsp3) is 0.562. The Morgan fingerprint density at radius 1 is 1.52 bits per heavy atom. The lowest BCUT2D eigenvalue weighted by molar-refractivity contribution is 0.114. The molecule has 4 nitrogen and oxygen atoms in total. The van der Waals surface area contributed by atoms with Crippen molar-refractivity contribution in [3.63, 3.8) is 0 Å². The summed E-state index contributed by atoms with van der Waals surface area (Å²) in [4.78, 5) is 13.5. The van der Waals surface area contributed by atoms with Gasteiger partial charge in [0.15, 0.2) is 0 Å². The van der Waals surface area contributed by atoms with Gasteiger partial charge in [0.2, 0.25) is 0 Å². The van der Waals surface area contributed by atoms with Crippen LogP contribution in [0, 0.1) is 0 Å². The van der Waals surface area contributed by atoms with Gasteiger partial charge in [-0.25, -0.2) is 4.79 Å². The largest absolute Gasteiger partial charge is 0.450 e. The zero-order valence-corrected chi connectivity index (χ0v) is 13.0. The first-order chi connectivity index (χ1) is 10.1. The van der Waals surface area contributed by atoms with E-state index in [9.17, 15) is 4.79 Å². The fourth-order valence-electron chi connectivity index (χ4n) is 3.08. The van der Waals surface area contributed by atoms with Crippen molar-refractivity contribution in [1.29, 1.82) is 0 Å². The van der Waals surface area contributed by atoms with Crippen molar-refractivity contribution in [3.8, 4) is 0 Å². The Labute approximate surface area is 130 Å². The van der Waals surface area contributed by atoms with E-state index in [1.165, 1.54) is 5.56 Å². The van der Waals surface area contributed by atoms with Crippen LogP contribution in [0.4, 0.5) is 4.79 Å². The summed E-state index contributed by atoms with van der Waals surface area (Å²) < 4.78 is 5.06. The van der Waals surface area contributed by atoms with Gasteiger partial charge >= 0.3 is 6.09 Å². The van der Waals surface area contributed by atoms with Gasteiger partial charge in [-0.1, -0.05) is 23.7 Å². The van der Waals surface area contributed by atoms with Crippen LogP contribution in [-0.4, -0.2) is 36.7 Å². The van der Waals surface area contributed by atoms with Gasteiger partial charge in [0.1, 0.15) is 0 Å². The van der Waals surface area contributed by atoms with Crippen LogP contribution in [0.25, 0.3) is 0 Å². The van der Waals surface area contributed by atoms with E-state index in [0.29, 0.717) is 12.6 Å². The summed E-state index contributed by atoms with van der Waals surface area (Å²) in [5.41, 5.74) is 1.31. The van der Waals surface area contributed by atoms with Crippen LogP contribution >= 0.6 is 11.6 Å². The molecule has 1 saturated carbocycles. The first-order valence-corrected chi connectivity index (χ1v) is 7.96. The van der Waals surface area contributed by atoms with Crippen molar-refractivity contribution >= 4 is 17.7 Å². The summed E-state index contributed by atoms with van der Waals surface area (Å²) in [5, 5.41) is 4.51. The monoisotopic (exact) mass is 308 g/mol. The maximum atomic E-state index is 11.7. The Balaban J connectivity index is 1.61. The molecule has 114 valence electrons. The molecule has 2 aliphatic rings. The number of carbonyl (C=O) groups excluding carboxylic acids is 1. The molecule has 1 aromatic rings. The number of halogens is 1. The van der Waals surface area contributed by atoms with Gasteiger partial charge in [-0.2, -0.15) is 0 Å². The minimum absolute atomic E-state index is 0.0558. The molecule has 1 saturated heterocycles. The van der Waals surface area contributed by atoms with Gasteiger partial charge in [-0.15, -0.1) is 0 Å². The highest BCUT2D eigenvalue weighted by Crippen LogP contribution is 2.46. The van der Waals surface area contributed by atoms with Gasteiger partial charge in [0, 0.05) is 29.7 Å². The van der Waals surface area contributed by atoms with Crippen LogP contribution in [0.15, 0.2) is 24.3 Å². The molecule has 1 atom stereocenters. The zero-order chi connectivity index (χ0) is 14.9. The van der Waals surface area contributed by atoms with E-state index >= 15 is 0 Å². The summed E-state index contributed by atoms with van der Waals surface area (Å²) in [5.74, 6) is 0. The molecule has 0 aromatic heterocycles. The highest BCUT2D eigenvalue weighted by molar-refractivity contribution is 6.30. The third kappa shape index (κ3) is 3.16. The third-order valence-corrected chi connectivity index (χ3v) is 4.56. The average Bonchev–Trinajstić information content (AvgIpc) is 3.09. The molecule has 0 unspecified atom stereocenters. The Kier molecular flexibility index (Phi) is 4.09. The molecular weight excluding hydrogens is 288 g/mol. The number of hydrogen-bond acceptors (Lipinski definition) is 3. The Hall–Kier alpha value is -1.26. The molecule has 0 radical (unpaired) electrons. The minimum Gasteiger partial charge on any atom is -0.450 e. The minimum atomic E-state index is -0.200. The van der Waals surface area contributed by atoms with Gasteiger partial charge < -0.3 is 15.0 Å². The summed E-state index contributed by atoms with van der Waals surface area (Å²) in [6.07, 6.45) is 3.03. The van der Waals surface area contributed by atoms with Gasteiger partial charge in [-0.05, 0) is 43.9 Å². The van der Waals surface area contributed by atoms with Crippen LogP contribution in [0.1, 0.15) is 31.7 Å². The molecule has 0 spiro atoms. The van der Waals surface area contributed by atoms with E-state index < -0.39 is 0 Å². The zero-order valence-electron chi connectivity index (χ0n) is 12.3. The molecule has 1 heterocycles. The number of likely N-dealkylation sites (tertiary alicyclic amines) is 1. The lowest BCUT2D eigenvalue weighted by atomic mass is 10.0. The lowest BCUT2D eigenvalue weighted by Crippen LogP contribution is -2.41. The van der Waals surface area contributed by atoms with Crippen molar-refractivity contribution in [2.45, 2.75) is 37.8 Å². The van der Waals surface area contributed by atoms with E-state index in [1.54, 1.807) is 4.90 Å². The van der Waals surface area contributed by atoms with Crippen LogP contribution in [-0.2, 0) is 10.3 Å². The van der Waals surface area contributed by atoms with Crippen LogP contribution < -0.4 is 5.32 Å². The third-order valence-electron chi connectivity index (χ3n) is 4.32. The first kappa shape index (κ1) is 14.7. The van der Waals surface area contributed by atoms with Gasteiger partial charge in [-0.3, -0.25) is 0 Å². The Bertz CT molecular complexity index is 531. The number of benzene rings is 1. The summed E-state index contributed by atoms with van der Waals surface area (Å²) in [7, 11) is 0. The molecule has 1 amide bonds. The topological polar surface area (TPSA) is 41.6 Å². The predicted molar refractivity (Wildman–Crippen MR) is 82.5 cm³/mol. The molecule has 2 fully saturated rings.